The van der Waals surface area contributed by atoms with Crippen LogP contribution in [0.4, 0.5) is 5.13 Å². The van der Waals surface area contributed by atoms with E-state index >= 15 is 0 Å². The van der Waals surface area contributed by atoms with Crippen molar-refractivity contribution in [2.45, 2.75) is 12.1 Å². The van der Waals surface area contributed by atoms with Gasteiger partial charge in [-0.05, 0) is 25.1 Å². The summed E-state index contributed by atoms with van der Waals surface area (Å²) in [7, 11) is 0. The topological polar surface area (TPSA) is 85.8 Å². The van der Waals surface area contributed by atoms with Crippen LogP contribution < -0.4 is 5.32 Å². The number of thioether (sulfide) groups is 1. The first-order valence-electron chi connectivity index (χ1n) is 10.2. The molecule has 0 fully saturated rings. The highest BCUT2D eigenvalue weighted by Crippen LogP contribution is 2.30. The molecular formula is C24H19N5O2S2. The van der Waals surface area contributed by atoms with Crippen LogP contribution >= 0.6 is 23.1 Å². The number of nitrogens with zero attached hydrogens (tertiary/aromatic N) is 4. The predicted octanol–water partition coefficient (Wildman–Crippen LogP) is 5.69. The number of aromatic nitrogens is 4. The molecule has 0 bridgehead atoms. The van der Waals surface area contributed by atoms with Gasteiger partial charge in [-0.15, -0.1) is 21.5 Å². The molecule has 5 rings (SSSR count). The fourth-order valence-electron chi connectivity index (χ4n) is 3.32. The lowest BCUT2D eigenvalue weighted by Crippen LogP contribution is -2.14. The van der Waals surface area contributed by atoms with E-state index in [1.807, 2.05) is 83.6 Å². The van der Waals surface area contributed by atoms with E-state index in [0.29, 0.717) is 16.1 Å². The predicted molar refractivity (Wildman–Crippen MR) is 131 cm³/mol. The van der Waals surface area contributed by atoms with Gasteiger partial charge >= 0.3 is 0 Å². The molecule has 1 amide bonds. The minimum absolute atomic E-state index is 0.155. The Morgan fingerprint density at radius 1 is 1.06 bits per heavy atom. The number of hydrogen-bond donors (Lipinski definition) is 1. The summed E-state index contributed by atoms with van der Waals surface area (Å²) in [6.07, 6.45) is 1.63. The van der Waals surface area contributed by atoms with Crippen LogP contribution in [-0.2, 0) is 4.79 Å². The van der Waals surface area contributed by atoms with Crippen LogP contribution in [0, 0.1) is 6.92 Å². The first-order chi connectivity index (χ1) is 16.2. The minimum Gasteiger partial charge on any atom is -0.469 e. The number of anilines is 1. The van der Waals surface area contributed by atoms with Gasteiger partial charge in [0.05, 0.1) is 23.3 Å². The van der Waals surface area contributed by atoms with Gasteiger partial charge in [-0.3, -0.25) is 9.36 Å². The fraction of sp³-hybridized carbons (Fsp3) is 0.0833. The van der Waals surface area contributed by atoms with Crippen LogP contribution in [0.15, 0.2) is 87.9 Å². The van der Waals surface area contributed by atoms with Crippen molar-refractivity contribution in [3.63, 3.8) is 0 Å². The van der Waals surface area contributed by atoms with Crippen molar-refractivity contribution in [2.75, 3.05) is 11.1 Å². The smallest absolute Gasteiger partial charge is 0.236 e. The maximum absolute atomic E-state index is 12.6. The molecule has 0 unspecified atom stereocenters. The van der Waals surface area contributed by atoms with Crippen molar-refractivity contribution >= 4 is 34.1 Å². The monoisotopic (exact) mass is 473 g/mol. The third-order valence-corrected chi connectivity index (χ3v) is 6.59. The lowest BCUT2D eigenvalue weighted by atomic mass is 10.2. The average molecular weight is 474 g/mol. The van der Waals surface area contributed by atoms with Crippen molar-refractivity contribution in [1.29, 1.82) is 0 Å². The van der Waals surface area contributed by atoms with Crippen LogP contribution in [-0.4, -0.2) is 31.4 Å². The van der Waals surface area contributed by atoms with E-state index < -0.39 is 0 Å². The molecule has 9 heteroatoms. The first-order valence-corrected chi connectivity index (χ1v) is 12.0. The molecule has 3 heterocycles. The van der Waals surface area contributed by atoms with Crippen LogP contribution in [0.3, 0.4) is 0 Å². The van der Waals surface area contributed by atoms with Crippen LogP contribution in [0.25, 0.3) is 28.3 Å². The normalized spacial score (nSPS) is 10.9. The van der Waals surface area contributed by atoms with Crippen molar-refractivity contribution < 1.29 is 9.21 Å². The van der Waals surface area contributed by atoms with E-state index in [4.69, 9.17) is 4.42 Å². The summed E-state index contributed by atoms with van der Waals surface area (Å²) in [5.74, 6) is 1.45. The van der Waals surface area contributed by atoms with E-state index in [-0.39, 0.29) is 11.7 Å². The zero-order chi connectivity index (χ0) is 22.6. The Bertz CT molecular complexity index is 1380. The molecule has 0 spiro atoms. The molecular weight excluding hydrogens is 454 g/mol. The quantitative estimate of drug-likeness (QED) is 0.306. The second kappa shape index (κ2) is 9.43. The van der Waals surface area contributed by atoms with Crippen molar-refractivity contribution in [3.05, 3.63) is 84.1 Å². The largest absolute Gasteiger partial charge is 0.469 e. The summed E-state index contributed by atoms with van der Waals surface area (Å²) in [5.41, 5.74) is 3.63. The molecule has 0 aliphatic heterocycles. The number of thiazole rings is 1. The average Bonchev–Trinajstić information content (AvgIpc) is 3.58. The summed E-state index contributed by atoms with van der Waals surface area (Å²) >= 11 is 2.72. The number of furan rings is 1. The number of carbonyl (C=O) groups is 1. The van der Waals surface area contributed by atoms with Gasteiger partial charge in [0.15, 0.2) is 16.1 Å². The van der Waals surface area contributed by atoms with E-state index in [2.05, 4.69) is 20.5 Å². The standard InChI is InChI=1S/C24H19N5O2S2/c1-16-19(12-13-31-16)22-27-28-24(29(22)18-10-6-3-7-11-18)33-15-21(30)26-23-25-20(14-32-23)17-8-4-2-5-9-17/h2-14H,15H2,1H3,(H,25,26,30). The second-order valence-corrected chi connectivity index (χ2v) is 8.91. The van der Waals surface area contributed by atoms with Gasteiger partial charge in [0.2, 0.25) is 5.91 Å². The van der Waals surface area contributed by atoms with Crippen LogP contribution in [0.2, 0.25) is 0 Å². The van der Waals surface area contributed by atoms with Gasteiger partial charge in [-0.2, -0.15) is 0 Å². The van der Waals surface area contributed by atoms with Gasteiger partial charge < -0.3 is 9.73 Å². The lowest BCUT2D eigenvalue weighted by molar-refractivity contribution is -0.113. The van der Waals surface area contributed by atoms with Gasteiger partial charge in [0.25, 0.3) is 0 Å². The van der Waals surface area contributed by atoms with Crippen molar-refractivity contribution in [1.82, 2.24) is 19.7 Å². The second-order valence-electron chi connectivity index (χ2n) is 7.11. The summed E-state index contributed by atoms with van der Waals surface area (Å²) in [5, 5.41) is 14.7. The number of amides is 1. The number of rotatable bonds is 7. The third-order valence-electron chi connectivity index (χ3n) is 4.90. The third kappa shape index (κ3) is 4.59. The molecule has 2 aromatic carbocycles. The maximum atomic E-state index is 12.6. The molecule has 0 aliphatic rings. The number of nitrogens with one attached hydrogen (secondary N) is 1. The first kappa shape index (κ1) is 21.2. The fourth-order valence-corrected chi connectivity index (χ4v) is 4.81. The number of hydrogen-bond acceptors (Lipinski definition) is 7. The summed E-state index contributed by atoms with van der Waals surface area (Å²) < 4.78 is 7.40. The lowest BCUT2D eigenvalue weighted by Gasteiger charge is -2.09. The molecule has 0 aliphatic carbocycles. The van der Waals surface area contributed by atoms with E-state index in [9.17, 15) is 4.79 Å². The molecule has 1 N–H and O–H groups in total. The summed E-state index contributed by atoms with van der Waals surface area (Å²) in [4.78, 5) is 17.2. The van der Waals surface area contributed by atoms with Crippen LogP contribution in [0.1, 0.15) is 5.76 Å². The zero-order valence-corrected chi connectivity index (χ0v) is 19.3. The Hall–Kier alpha value is -3.69. The Morgan fingerprint density at radius 3 is 2.55 bits per heavy atom. The SMILES string of the molecule is Cc1occc1-c1nnc(SCC(=O)Nc2nc(-c3ccccc3)cs2)n1-c1ccccc1. The molecule has 0 saturated carbocycles. The molecule has 3 aromatic heterocycles. The number of aryl methyl sites for hydroxylation is 1. The number of para-hydroxylation sites is 1. The zero-order valence-electron chi connectivity index (χ0n) is 17.6. The van der Waals surface area contributed by atoms with Crippen molar-refractivity contribution in [3.8, 4) is 28.3 Å². The van der Waals surface area contributed by atoms with Gasteiger partial charge in [0, 0.05) is 16.6 Å². The molecule has 5 aromatic rings. The maximum Gasteiger partial charge on any atom is 0.236 e. The highest BCUT2D eigenvalue weighted by Gasteiger charge is 2.20. The van der Waals surface area contributed by atoms with Crippen LogP contribution in [0.5, 0.6) is 0 Å². The van der Waals surface area contributed by atoms with Gasteiger partial charge in [-0.1, -0.05) is 60.3 Å². The van der Waals surface area contributed by atoms with E-state index in [1.54, 1.807) is 6.26 Å². The number of benzene rings is 2. The minimum atomic E-state index is -0.155. The van der Waals surface area contributed by atoms with Gasteiger partial charge in [-0.25, -0.2) is 4.98 Å². The van der Waals surface area contributed by atoms with E-state index in [1.165, 1.54) is 23.1 Å². The molecule has 0 radical (unpaired) electrons. The number of carbonyl (C=O) groups excluding carboxylic acids is 1. The molecule has 164 valence electrons. The van der Waals surface area contributed by atoms with Gasteiger partial charge in [0.1, 0.15) is 5.76 Å². The molecule has 33 heavy (non-hydrogen) atoms. The highest BCUT2D eigenvalue weighted by atomic mass is 32.2. The Kier molecular flexibility index (Phi) is 6.05. The Labute approximate surface area is 198 Å². The molecule has 0 saturated heterocycles. The highest BCUT2D eigenvalue weighted by molar-refractivity contribution is 7.99. The molecule has 7 nitrogen and oxygen atoms in total. The molecule has 0 atom stereocenters. The van der Waals surface area contributed by atoms with Crippen molar-refractivity contribution in [2.24, 2.45) is 0 Å². The Balaban J connectivity index is 1.33. The van der Waals surface area contributed by atoms with E-state index in [0.717, 1.165) is 28.3 Å². The Morgan fingerprint density at radius 2 is 1.82 bits per heavy atom. The summed E-state index contributed by atoms with van der Waals surface area (Å²) in [6, 6.07) is 21.6. The summed E-state index contributed by atoms with van der Waals surface area (Å²) in [6.45, 7) is 1.89.